The lowest BCUT2D eigenvalue weighted by Crippen LogP contribution is -2.43. The third-order valence-electron chi connectivity index (χ3n) is 8.03. The zero-order valence-electron chi connectivity index (χ0n) is 24.0. The van der Waals surface area contributed by atoms with Crippen molar-refractivity contribution in [3.8, 4) is 11.3 Å². The van der Waals surface area contributed by atoms with Crippen molar-refractivity contribution in [3.63, 3.8) is 0 Å². The van der Waals surface area contributed by atoms with E-state index in [9.17, 15) is 22.8 Å². The number of aromatic amines is 1. The van der Waals surface area contributed by atoms with Crippen molar-refractivity contribution in [2.75, 3.05) is 44.8 Å². The number of aryl methyl sites for hydroxylation is 1. The van der Waals surface area contributed by atoms with Gasteiger partial charge >= 0.3 is 12.3 Å². The number of carbonyl (C=O) groups excluding carboxylic acids is 2. The third kappa shape index (κ3) is 6.04. The first-order valence-corrected chi connectivity index (χ1v) is 14.5. The van der Waals surface area contributed by atoms with Crippen LogP contribution in [0.1, 0.15) is 41.4 Å². The molecule has 0 aliphatic carbocycles. The zero-order valence-corrected chi connectivity index (χ0v) is 24.0. The molecule has 5 heterocycles. The summed E-state index contributed by atoms with van der Waals surface area (Å²) in [5.74, 6) is 0.430. The van der Waals surface area contributed by atoms with Gasteiger partial charge in [0.25, 0.3) is 5.91 Å². The highest BCUT2D eigenvalue weighted by molar-refractivity contribution is 5.96. The summed E-state index contributed by atoms with van der Waals surface area (Å²) in [6.07, 6.45) is 3.11. The quantitative estimate of drug-likeness (QED) is 0.255. The molecule has 4 aromatic rings. The summed E-state index contributed by atoms with van der Waals surface area (Å²) in [6.45, 7) is 5.78. The van der Waals surface area contributed by atoms with Crippen LogP contribution in [0.25, 0.3) is 16.9 Å². The monoisotopic (exact) mass is 611 g/mol. The van der Waals surface area contributed by atoms with Crippen molar-refractivity contribution in [2.24, 2.45) is 5.92 Å². The molecule has 0 spiro atoms. The number of likely N-dealkylation sites (tertiary alicyclic amines) is 2. The lowest BCUT2D eigenvalue weighted by atomic mass is 10.0. The number of imidazole rings is 1. The highest BCUT2D eigenvalue weighted by atomic mass is 19.4. The number of fused-ring (bicyclic) bond motifs is 1. The minimum atomic E-state index is -4.60. The molecular formula is C29H32F3N9O3. The maximum Gasteiger partial charge on any atom is 0.433 e. The molecule has 0 saturated carbocycles. The SMILES string of the molecule is CCc1cc(Nc2nccn3c(-c4cn[nH]c4C(F)(F)F)cnc23)ccc1C(=O)NCC1CCN(COC(=O)N2CCC2)C1. The molecule has 2 fully saturated rings. The second kappa shape index (κ2) is 12.1. The van der Waals surface area contributed by atoms with Crippen LogP contribution in [0.5, 0.6) is 0 Å². The van der Waals surface area contributed by atoms with Gasteiger partial charge in [-0.3, -0.25) is 19.2 Å². The number of hydrogen-bond acceptors (Lipinski definition) is 8. The summed E-state index contributed by atoms with van der Waals surface area (Å²) in [5.41, 5.74) is 1.50. The average molecular weight is 612 g/mol. The fourth-order valence-corrected chi connectivity index (χ4v) is 5.49. The van der Waals surface area contributed by atoms with Crippen molar-refractivity contribution in [3.05, 3.63) is 59.8 Å². The Hall–Kier alpha value is -4.66. The highest BCUT2D eigenvalue weighted by Gasteiger charge is 2.36. The molecule has 12 nitrogen and oxygen atoms in total. The van der Waals surface area contributed by atoms with Crippen LogP contribution in [-0.2, 0) is 17.3 Å². The van der Waals surface area contributed by atoms with Gasteiger partial charge < -0.3 is 20.3 Å². The number of anilines is 2. The zero-order chi connectivity index (χ0) is 30.8. The Morgan fingerprint density at radius 1 is 1.16 bits per heavy atom. The van der Waals surface area contributed by atoms with E-state index in [0.717, 1.165) is 50.8 Å². The Morgan fingerprint density at radius 3 is 2.75 bits per heavy atom. The number of hydrogen-bond donors (Lipinski definition) is 3. The molecule has 232 valence electrons. The average Bonchev–Trinajstić information content (AvgIpc) is 3.73. The predicted molar refractivity (Wildman–Crippen MR) is 154 cm³/mol. The number of halogens is 3. The number of benzene rings is 1. The van der Waals surface area contributed by atoms with Crippen LogP contribution < -0.4 is 10.6 Å². The summed E-state index contributed by atoms with van der Waals surface area (Å²) in [6, 6.07) is 5.35. The molecule has 0 bridgehead atoms. The van der Waals surface area contributed by atoms with E-state index < -0.39 is 11.9 Å². The van der Waals surface area contributed by atoms with Gasteiger partial charge in [0.1, 0.15) is 12.4 Å². The van der Waals surface area contributed by atoms with Gasteiger partial charge in [-0.25, -0.2) is 14.8 Å². The number of nitrogens with one attached hydrogen (secondary N) is 3. The summed E-state index contributed by atoms with van der Waals surface area (Å²) in [7, 11) is 0. The molecule has 0 radical (unpaired) electrons. The first-order valence-electron chi connectivity index (χ1n) is 14.5. The van der Waals surface area contributed by atoms with Crippen LogP contribution in [-0.4, -0.2) is 85.8 Å². The van der Waals surface area contributed by atoms with Crippen molar-refractivity contribution in [1.29, 1.82) is 0 Å². The van der Waals surface area contributed by atoms with Crippen molar-refractivity contribution in [1.82, 2.24) is 39.7 Å². The second-order valence-electron chi connectivity index (χ2n) is 10.9. The molecule has 2 amide bonds. The number of H-pyrrole nitrogens is 1. The Balaban J connectivity index is 1.09. The van der Waals surface area contributed by atoms with Gasteiger partial charge in [-0.05, 0) is 48.9 Å². The van der Waals surface area contributed by atoms with E-state index in [4.69, 9.17) is 4.74 Å². The maximum absolute atomic E-state index is 13.5. The summed E-state index contributed by atoms with van der Waals surface area (Å²) in [5, 5.41) is 11.8. The number of alkyl halides is 3. The minimum absolute atomic E-state index is 0.123. The van der Waals surface area contributed by atoms with E-state index in [1.54, 1.807) is 17.0 Å². The molecule has 1 atom stereocenters. The van der Waals surface area contributed by atoms with E-state index in [1.807, 2.05) is 18.1 Å². The first kappa shape index (κ1) is 29.4. The minimum Gasteiger partial charge on any atom is -0.433 e. The van der Waals surface area contributed by atoms with E-state index in [-0.39, 0.29) is 35.9 Å². The third-order valence-corrected chi connectivity index (χ3v) is 8.03. The van der Waals surface area contributed by atoms with Gasteiger partial charge in [0.2, 0.25) is 0 Å². The van der Waals surface area contributed by atoms with Gasteiger partial charge in [0, 0.05) is 56.4 Å². The maximum atomic E-state index is 13.5. The van der Waals surface area contributed by atoms with Gasteiger partial charge in [0.15, 0.2) is 11.5 Å². The predicted octanol–water partition coefficient (Wildman–Crippen LogP) is 4.30. The molecule has 2 saturated heterocycles. The lowest BCUT2D eigenvalue weighted by molar-refractivity contribution is -0.140. The normalized spacial score (nSPS) is 17.1. The Labute approximate surface area is 250 Å². The van der Waals surface area contributed by atoms with E-state index in [0.29, 0.717) is 35.7 Å². The highest BCUT2D eigenvalue weighted by Crippen LogP contribution is 2.36. The van der Waals surface area contributed by atoms with Crippen LogP contribution in [0, 0.1) is 5.92 Å². The standard InChI is InChI=1S/C29H32F3N9O3/c1-2-19-12-20(37-25-26-34-15-23(41(26)11-7-33-25)22-14-36-38-24(22)29(30,31)32)4-5-21(19)27(42)35-13-18-6-10-39(16-18)17-44-28(43)40-8-3-9-40/h4-5,7,11-12,14-15,18H,2-3,6,8-10,13,16-17H2,1H3,(H,33,37)(H,35,42)(H,36,38). The fraction of sp³-hybridized carbons (Fsp3) is 0.414. The van der Waals surface area contributed by atoms with Crippen LogP contribution in [0.15, 0.2) is 43.0 Å². The van der Waals surface area contributed by atoms with E-state index in [1.165, 1.54) is 23.0 Å². The number of ether oxygens (including phenoxy) is 1. The molecule has 1 aromatic carbocycles. The van der Waals surface area contributed by atoms with Crippen molar-refractivity contribution >= 4 is 29.2 Å². The molecule has 6 rings (SSSR count). The molecule has 3 N–H and O–H groups in total. The number of rotatable bonds is 9. The topological polar surface area (TPSA) is 133 Å². The summed E-state index contributed by atoms with van der Waals surface area (Å²) in [4.78, 5) is 37.5. The Morgan fingerprint density at radius 2 is 2.00 bits per heavy atom. The van der Waals surface area contributed by atoms with Gasteiger partial charge in [-0.1, -0.05) is 6.92 Å². The molecule has 2 aliphatic heterocycles. The van der Waals surface area contributed by atoms with E-state index in [2.05, 4.69) is 30.6 Å². The fourth-order valence-electron chi connectivity index (χ4n) is 5.49. The lowest BCUT2D eigenvalue weighted by Gasteiger charge is -2.30. The smallest absolute Gasteiger partial charge is 0.433 e. The largest absolute Gasteiger partial charge is 0.433 e. The molecule has 1 unspecified atom stereocenters. The van der Waals surface area contributed by atoms with Gasteiger partial charge in [-0.2, -0.15) is 18.3 Å². The van der Waals surface area contributed by atoms with Crippen LogP contribution in [0.2, 0.25) is 0 Å². The first-order chi connectivity index (χ1) is 21.2. The summed E-state index contributed by atoms with van der Waals surface area (Å²) < 4.78 is 47.3. The molecule has 3 aromatic heterocycles. The molecule has 15 heteroatoms. The van der Waals surface area contributed by atoms with Gasteiger partial charge in [-0.15, -0.1) is 0 Å². The van der Waals surface area contributed by atoms with Crippen LogP contribution >= 0.6 is 0 Å². The second-order valence-corrected chi connectivity index (χ2v) is 10.9. The van der Waals surface area contributed by atoms with Crippen molar-refractivity contribution in [2.45, 2.75) is 32.4 Å². The Kier molecular flexibility index (Phi) is 8.12. The van der Waals surface area contributed by atoms with E-state index >= 15 is 0 Å². The number of amides is 2. The van der Waals surface area contributed by atoms with Crippen LogP contribution in [0.3, 0.4) is 0 Å². The Bertz CT molecular complexity index is 1660. The molecule has 2 aliphatic rings. The van der Waals surface area contributed by atoms with Crippen molar-refractivity contribution < 1.29 is 27.5 Å². The number of carbonyl (C=O) groups is 2. The molecular weight excluding hydrogens is 579 g/mol. The van der Waals surface area contributed by atoms with Gasteiger partial charge in [0.05, 0.1) is 23.7 Å². The molecule has 44 heavy (non-hydrogen) atoms. The number of nitrogens with zero attached hydrogens (tertiary/aromatic N) is 6. The van der Waals surface area contributed by atoms with Crippen LogP contribution in [0.4, 0.5) is 29.5 Å². The number of aromatic nitrogens is 5. The summed E-state index contributed by atoms with van der Waals surface area (Å²) >= 11 is 0.